The molecular weight excluding hydrogens is 344 g/mol. The Morgan fingerprint density at radius 1 is 1.20 bits per heavy atom. The molecule has 0 heterocycles. The Hall–Kier alpha value is -2.04. The maximum absolute atomic E-state index is 12.2. The van der Waals surface area contributed by atoms with Gasteiger partial charge in [-0.1, -0.05) is 28.1 Å². The summed E-state index contributed by atoms with van der Waals surface area (Å²) in [7, 11) is -3.96. The standard InChI is InChI=1S/C13H9BrN2O3S/c14-10-5-6-11(9(7-10)8-15)16-20(18,19)13-4-2-1-3-12(13)17/h1-7,16-17H. The molecular formula is C13H9BrN2O3S. The number of hydrogen-bond acceptors (Lipinski definition) is 4. The van der Waals surface area contributed by atoms with Gasteiger partial charge in [-0.2, -0.15) is 5.26 Å². The number of benzene rings is 2. The van der Waals surface area contributed by atoms with Gasteiger partial charge in [-0.05, 0) is 30.3 Å². The molecule has 7 heteroatoms. The molecule has 0 aliphatic rings. The van der Waals surface area contributed by atoms with E-state index in [-0.39, 0.29) is 21.9 Å². The van der Waals surface area contributed by atoms with Gasteiger partial charge in [0.05, 0.1) is 11.3 Å². The highest BCUT2D eigenvalue weighted by atomic mass is 79.9. The minimum atomic E-state index is -3.96. The molecule has 20 heavy (non-hydrogen) atoms. The highest BCUT2D eigenvalue weighted by Crippen LogP contribution is 2.26. The van der Waals surface area contributed by atoms with E-state index in [4.69, 9.17) is 5.26 Å². The van der Waals surface area contributed by atoms with Gasteiger partial charge in [0.2, 0.25) is 0 Å². The highest BCUT2D eigenvalue weighted by Gasteiger charge is 2.19. The van der Waals surface area contributed by atoms with Crippen molar-refractivity contribution in [3.05, 3.63) is 52.5 Å². The molecule has 0 amide bonds. The van der Waals surface area contributed by atoms with E-state index in [1.165, 1.54) is 36.4 Å². The number of phenolic OH excluding ortho intramolecular Hbond substituents is 1. The van der Waals surface area contributed by atoms with E-state index in [1.807, 2.05) is 6.07 Å². The van der Waals surface area contributed by atoms with E-state index < -0.39 is 10.0 Å². The number of anilines is 1. The average molecular weight is 353 g/mol. The van der Waals surface area contributed by atoms with Crippen molar-refractivity contribution < 1.29 is 13.5 Å². The van der Waals surface area contributed by atoms with E-state index in [1.54, 1.807) is 6.07 Å². The number of rotatable bonds is 3. The van der Waals surface area contributed by atoms with E-state index >= 15 is 0 Å². The van der Waals surface area contributed by atoms with Gasteiger partial charge in [0.15, 0.2) is 0 Å². The van der Waals surface area contributed by atoms with Crippen LogP contribution in [0.15, 0.2) is 51.8 Å². The lowest BCUT2D eigenvalue weighted by Gasteiger charge is -2.10. The van der Waals surface area contributed by atoms with Crippen LogP contribution in [0.25, 0.3) is 0 Å². The number of sulfonamides is 1. The van der Waals surface area contributed by atoms with Crippen molar-refractivity contribution in [1.82, 2.24) is 0 Å². The average Bonchev–Trinajstić information content (AvgIpc) is 2.41. The molecule has 0 spiro atoms. The van der Waals surface area contributed by atoms with Crippen LogP contribution >= 0.6 is 15.9 Å². The molecule has 0 aliphatic carbocycles. The molecule has 0 radical (unpaired) electrons. The van der Waals surface area contributed by atoms with Crippen molar-refractivity contribution in [2.75, 3.05) is 4.72 Å². The first kappa shape index (κ1) is 14.4. The normalized spacial score (nSPS) is 10.8. The fourth-order valence-electron chi connectivity index (χ4n) is 1.58. The second-order valence-electron chi connectivity index (χ2n) is 3.87. The van der Waals surface area contributed by atoms with Crippen LogP contribution in [-0.2, 0) is 10.0 Å². The minimum Gasteiger partial charge on any atom is -0.507 e. The third kappa shape index (κ3) is 2.92. The molecule has 2 aromatic rings. The molecule has 0 unspecified atom stereocenters. The van der Waals surface area contributed by atoms with Crippen molar-refractivity contribution in [1.29, 1.82) is 5.26 Å². The van der Waals surface area contributed by atoms with Crippen LogP contribution in [-0.4, -0.2) is 13.5 Å². The highest BCUT2D eigenvalue weighted by molar-refractivity contribution is 9.10. The lowest BCUT2D eigenvalue weighted by molar-refractivity contribution is 0.459. The van der Waals surface area contributed by atoms with Gasteiger partial charge >= 0.3 is 0 Å². The smallest absolute Gasteiger partial charge is 0.265 e. The second kappa shape index (κ2) is 5.53. The van der Waals surface area contributed by atoms with Crippen LogP contribution in [0, 0.1) is 11.3 Å². The number of phenols is 1. The zero-order valence-electron chi connectivity index (χ0n) is 10.0. The largest absolute Gasteiger partial charge is 0.507 e. The molecule has 5 nitrogen and oxygen atoms in total. The number of nitriles is 1. The summed E-state index contributed by atoms with van der Waals surface area (Å²) in [4.78, 5) is -0.244. The minimum absolute atomic E-state index is 0.152. The quantitative estimate of drug-likeness (QED) is 0.888. The summed E-state index contributed by atoms with van der Waals surface area (Å²) < 4.78 is 27.3. The second-order valence-corrected chi connectivity index (χ2v) is 6.44. The number of halogens is 1. The van der Waals surface area contributed by atoms with Gasteiger partial charge in [-0.25, -0.2) is 8.42 Å². The Morgan fingerprint density at radius 3 is 2.55 bits per heavy atom. The van der Waals surface area contributed by atoms with Gasteiger partial charge in [0.1, 0.15) is 16.7 Å². The van der Waals surface area contributed by atoms with Gasteiger partial charge in [-0.3, -0.25) is 4.72 Å². The SMILES string of the molecule is N#Cc1cc(Br)ccc1NS(=O)(=O)c1ccccc1O. The Bertz CT molecular complexity index is 798. The zero-order valence-corrected chi connectivity index (χ0v) is 12.4. The molecule has 0 bridgehead atoms. The number of aromatic hydroxyl groups is 1. The third-order valence-corrected chi connectivity index (χ3v) is 4.41. The molecule has 0 atom stereocenters. The monoisotopic (exact) mass is 352 g/mol. The van der Waals surface area contributed by atoms with Gasteiger partial charge < -0.3 is 5.11 Å². The van der Waals surface area contributed by atoms with Crippen molar-refractivity contribution in [3.8, 4) is 11.8 Å². The van der Waals surface area contributed by atoms with Crippen molar-refractivity contribution in [2.24, 2.45) is 0 Å². The summed E-state index contributed by atoms with van der Waals surface area (Å²) in [6, 6.07) is 12.1. The molecule has 2 N–H and O–H groups in total. The fraction of sp³-hybridized carbons (Fsp3) is 0. The zero-order chi connectivity index (χ0) is 14.8. The molecule has 0 saturated carbocycles. The topological polar surface area (TPSA) is 90.2 Å². The number of para-hydroxylation sites is 1. The Labute approximate surface area is 124 Å². The van der Waals surface area contributed by atoms with E-state index in [0.29, 0.717) is 4.47 Å². The van der Waals surface area contributed by atoms with Gasteiger partial charge in [0.25, 0.3) is 10.0 Å². The lowest BCUT2D eigenvalue weighted by Crippen LogP contribution is -2.14. The molecule has 102 valence electrons. The summed E-state index contributed by atoms with van der Waals surface area (Å²) in [6.45, 7) is 0. The summed E-state index contributed by atoms with van der Waals surface area (Å²) in [5, 5.41) is 18.6. The van der Waals surface area contributed by atoms with Crippen LogP contribution in [0.4, 0.5) is 5.69 Å². The molecule has 0 fully saturated rings. The third-order valence-electron chi connectivity index (χ3n) is 2.50. The first-order chi connectivity index (χ1) is 9.44. The van der Waals surface area contributed by atoms with E-state index in [2.05, 4.69) is 20.7 Å². The number of hydrogen-bond donors (Lipinski definition) is 2. The predicted octanol–water partition coefficient (Wildman–Crippen LogP) is 2.83. The van der Waals surface area contributed by atoms with Crippen LogP contribution in [0.3, 0.4) is 0 Å². The van der Waals surface area contributed by atoms with Crippen LogP contribution in [0.5, 0.6) is 5.75 Å². The molecule has 0 aromatic heterocycles. The van der Waals surface area contributed by atoms with Crippen LogP contribution in [0.1, 0.15) is 5.56 Å². The number of nitrogens with one attached hydrogen (secondary N) is 1. The molecule has 2 rings (SSSR count). The Balaban J connectivity index is 2.45. The molecule has 0 aliphatic heterocycles. The van der Waals surface area contributed by atoms with Gasteiger partial charge in [-0.15, -0.1) is 0 Å². The van der Waals surface area contributed by atoms with Crippen LogP contribution in [0.2, 0.25) is 0 Å². The van der Waals surface area contributed by atoms with E-state index in [0.717, 1.165) is 0 Å². The maximum Gasteiger partial charge on any atom is 0.265 e. The summed E-state index contributed by atoms with van der Waals surface area (Å²) in [5.74, 6) is -0.351. The first-order valence-corrected chi connectivity index (χ1v) is 7.72. The summed E-state index contributed by atoms with van der Waals surface area (Å²) in [6.07, 6.45) is 0. The van der Waals surface area contributed by atoms with Crippen molar-refractivity contribution in [3.63, 3.8) is 0 Å². The van der Waals surface area contributed by atoms with Crippen molar-refractivity contribution in [2.45, 2.75) is 4.90 Å². The molecule has 2 aromatic carbocycles. The Kier molecular flexibility index (Phi) is 3.97. The number of nitrogens with zero attached hydrogens (tertiary/aromatic N) is 1. The van der Waals surface area contributed by atoms with E-state index in [9.17, 15) is 13.5 Å². The maximum atomic E-state index is 12.2. The van der Waals surface area contributed by atoms with Gasteiger partial charge in [0, 0.05) is 4.47 Å². The first-order valence-electron chi connectivity index (χ1n) is 5.44. The summed E-state index contributed by atoms with van der Waals surface area (Å²) >= 11 is 3.20. The lowest BCUT2D eigenvalue weighted by atomic mass is 10.2. The van der Waals surface area contributed by atoms with Crippen molar-refractivity contribution >= 4 is 31.6 Å². The Morgan fingerprint density at radius 2 is 1.90 bits per heavy atom. The predicted molar refractivity (Wildman–Crippen MR) is 77.8 cm³/mol. The van der Waals surface area contributed by atoms with Crippen LogP contribution < -0.4 is 4.72 Å². The fourth-order valence-corrected chi connectivity index (χ4v) is 3.12. The molecule has 0 saturated heterocycles. The summed E-state index contributed by atoms with van der Waals surface area (Å²) in [5.41, 5.74) is 0.331.